The van der Waals surface area contributed by atoms with Gasteiger partial charge >= 0.3 is 6.03 Å². The molecule has 0 radical (unpaired) electrons. The molecule has 0 aliphatic carbocycles. The van der Waals surface area contributed by atoms with Crippen LogP contribution in [0.15, 0.2) is 60.7 Å². The van der Waals surface area contributed by atoms with E-state index in [2.05, 4.69) is 20.9 Å². The lowest BCUT2D eigenvalue weighted by atomic mass is 10.2. The van der Waals surface area contributed by atoms with Gasteiger partial charge in [-0.1, -0.05) is 29.8 Å². The number of ether oxygens (including phenoxy) is 2. The molecule has 1 fully saturated rings. The average Bonchev–Trinajstić information content (AvgIpc) is 3.39. The van der Waals surface area contributed by atoms with Crippen LogP contribution in [0.5, 0.6) is 11.5 Å². The minimum Gasteiger partial charge on any atom is -0.495 e. The number of methoxy groups -OCH3 is 2. The Morgan fingerprint density at radius 1 is 0.829 bits per heavy atom. The molecule has 3 amide bonds. The van der Waals surface area contributed by atoms with Crippen LogP contribution in [0.3, 0.4) is 0 Å². The van der Waals surface area contributed by atoms with E-state index in [4.69, 9.17) is 21.1 Å². The molecule has 3 N–H and O–H groups in total. The highest BCUT2D eigenvalue weighted by molar-refractivity contribution is 6.32. The van der Waals surface area contributed by atoms with Crippen LogP contribution in [0.1, 0.15) is 23.2 Å². The van der Waals surface area contributed by atoms with Crippen molar-refractivity contribution in [1.29, 1.82) is 0 Å². The van der Waals surface area contributed by atoms with Crippen molar-refractivity contribution < 1.29 is 19.1 Å². The first-order chi connectivity index (χ1) is 17.0. The number of nitrogens with zero attached hydrogens (tertiary/aromatic N) is 1. The van der Waals surface area contributed by atoms with Gasteiger partial charge in [-0.15, -0.1) is 0 Å². The second-order valence-corrected chi connectivity index (χ2v) is 8.42. The number of halogens is 1. The summed E-state index contributed by atoms with van der Waals surface area (Å²) in [6, 6.07) is 17.2. The lowest BCUT2D eigenvalue weighted by Crippen LogP contribution is -2.24. The SMILES string of the molecule is COc1cc(OC)c(NC(=O)Nc2cc(NC(=O)c3ccccc3)ccc2N2CCCC2)cc1Cl. The van der Waals surface area contributed by atoms with Crippen molar-refractivity contribution in [3.8, 4) is 11.5 Å². The maximum Gasteiger partial charge on any atom is 0.323 e. The van der Waals surface area contributed by atoms with E-state index in [1.807, 2.05) is 30.3 Å². The van der Waals surface area contributed by atoms with Crippen LogP contribution >= 0.6 is 11.6 Å². The molecule has 1 aliphatic rings. The largest absolute Gasteiger partial charge is 0.495 e. The number of carbonyl (C=O) groups excluding carboxylic acids is 2. The van der Waals surface area contributed by atoms with Gasteiger partial charge in [-0.2, -0.15) is 0 Å². The second kappa shape index (κ2) is 11.0. The molecule has 0 aromatic heterocycles. The van der Waals surface area contributed by atoms with Crippen molar-refractivity contribution in [2.24, 2.45) is 0 Å². The lowest BCUT2D eigenvalue weighted by Gasteiger charge is -2.23. The third kappa shape index (κ3) is 5.78. The highest BCUT2D eigenvalue weighted by Crippen LogP contribution is 2.36. The maximum atomic E-state index is 13.0. The molecule has 3 aromatic carbocycles. The van der Waals surface area contributed by atoms with Crippen LogP contribution in [-0.4, -0.2) is 39.2 Å². The summed E-state index contributed by atoms with van der Waals surface area (Å²) in [6.45, 7) is 1.79. The normalized spacial score (nSPS) is 12.7. The van der Waals surface area contributed by atoms with Crippen molar-refractivity contribution in [2.75, 3.05) is 48.2 Å². The highest BCUT2D eigenvalue weighted by atomic mass is 35.5. The van der Waals surface area contributed by atoms with Gasteiger partial charge < -0.3 is 30.3 Å². The summed E-state index contributed by atoms with van der Waals surface area (Å²) in [7, 11) is 3.00. The fraction of sp³-hybridized carbons (Fsp3) is 0.231. The predicted molar refractivity (Wildman–Crippen MR) is 139 cm³/mol. The van der Waals surface area contributed by atoms with E-state index >= 15 is 0 Å². The average molecular weight is 495 g/mol. The number of rotatable bonds is 7. The van der Waals surface area contributed by atoms with Gasteiger partial charge in [0, 0.05) is 30.4 Å². The van der Waals surface area contributed by atoms with Crippen LogP contribution in [0.25, 0.3) is 0 Å². The van der Waals surface area contributed by atoms with E-state index in [1.54, 1.807) is 30.3 Å². The van der Waals surface area contributed by atoms with Crippen LogP contribution in [0.4, 0.5) is 27.5 Å². The Morgan fingerprint density at radius 3 is 2.20 bits per heavy atom. The summed E-state index contributed by atoms with van der Waals surface area (Å²) >= 11 is 6.23. The number of urea groups is 1. The first-order valence-electron chi connectivity index (χ1n) is 11.2. The quantitative estimate of drug-likeness (QED) is 0.383. The number of nitrogens with one attached hydrogen (secondary N) is 3. The van der Waals surface area contributed by atoms with E-state index in [0.717, 1.165) is 31.6 Å². The Kier molecular flexibility index (Phi) is 7.62. The topological polar surface area (TPSA) is 91.9 Å². The number of benzene rings is 3. The van der Waals surface area contributed by atoms with E-state index in [9.17, 15) is 9.59 Å². The number of carbonyl (C=O) groups is 2. The molecule has 35 heavy (non-hydrogen) atoms. The molecule has 182 valence electrons. The van der Waals surface area contributed by atoms with Gasteiger partial charge in [0.15, 0.2) is 0 Å². The summed E-state index contributed by atoms with van der Waals surface area (Å²) in [4.78, 5) is 27.8. The molecular formula is C26H27ClN4O4. The van der Waals surface area contributed by atoms with E-state index in [-0.39, 0.29) is 5.91 Å². The first kappa shape index (κ1) is 24.2. The van der Waals surface area contributed by atoms with Gasteiger partial charge in [0.1, 0.15) is 11.5 Å². The molecule has 9 heteroatoms. The number of amides is 3. The van der Waals surface area contributed by atoms with E-state index in [1.165, 1.54) is 14.2 Å². The van der Waals surface area contributed by atoms with Gasteiger partial charge in [0.25, 0.3) is 5.91 Å². The highest BCUT2D eigenvalue weighted by Gasteiger charge is 2.19. The predicted octanol–water partition coefficient (Wildman–Crippen LogP) is 5.85. The standard InChI is InChI=1S/C26H27ClN4O4/c1-34-23-16-24(35-2)21(15-19(23)27)30-26(33)29-20-14-18(10-11-22(20)31-12-6-7-13-31)28-25(32)17-8-4-3-5-9-17/h3-5,8-11,14-16H,6-7,12-13H2,1-2H3,(H,28,32)(H2,29,30,33). The van der Waals surface area contributed by atoms with Gasteiger partial charge in [0.05, 0.1) is 36.3 Å². The molecule has 0 saturated carbocycles. The van der Waals surface area contributed by atoms with Crippen molar-refractivity contribution in [3.05, 3.63) is 71.2 Å². The summed E-state index contributed by atoms with van der Waals surface area (Å²) in [6.07, 6.45) is 2.17. The van der Waals surface area contributed by atoms with Crippen molar-refractivity contribution in [1.82, 2.24) is 0 Å². The molecule has 3 aromatic rings. The number of hydrogen-bond acceptors (Lipinski definition) is 5. The third-order valence-corrected chi connectivity index (χ3v) is 6.00. The zero-order valence-corrected chi connectivity index (χ0v) is 20.3. The number of hydrogen-bond donors (Lipinski definition) is 3. The van der Waals surface area contributed by atoms with E-state index in [0.29, 0.717) is 39.1 Å². The molecule has 0 spiro atoms. The van der Waals surface area contributed by atoms with Crippen molar-refractivity contribution >= 4 is 46.3 Å². The zero-order chi connectivity index (χ0) is 24.8. The van der Waals surface area contributed by atoms with Gasteiger partial charge in [-0.25, -0.2) is 4.79 Å². The van der Waals surface area contributed by atoms with E-state index < -0.39 is 6.03 Å². The molecule has 1 heterocycles. The van der Waals surface area contributed by atoms with Crippen LogP contribution < -0.4 is 30.3 Å². The number of anilines is 4. The fourth-order valence-corrected chi connectivity index (χ4v) is 4.21. The van der Waals surface area contributed by atoms with Gasteiger partial charge in [-0.05, 0) is 49.2 Å². The molecule has 8 nitrogen and oxygen atoms in total. The van der Waals surface area contributed by atoms with Crippen molar-refractivity contribution in [3.63, 3.8) is 0 Å². The summed E-state index contributed by atoms with van der Waals surface area (Å²) in [5, 5.41) is 8.94. The molecule has 0 atom stereocenters. The van der Waals surface area contributed by atoms with Crippen LogP contribution in [0, 0.1) is 0 Å². The Balaban J connectivity index is 1.57. The Morgan fingerprint density at radius 2 is 1.51 bits per heavy atom. The molecule has 1 aliphatic heterocycles. The smallest absolute Gasteiger partial charge is 0.323 e. The Labute approximate surface area is 209 Å². The Hall–Kier alpha value is -3.91. The fourth-order valence-electron chi connectivity index (χ4n) is 3.97. The first-order valence-corrected chi connectivity index (χ1v) is 11.6. The molecule has 1 saturated heterocycles. The lowest BCUT2D eigenvalue weighted by molar-refractivity contribution is 0.102. The molecule has 0 unspecified atom stereocenters. The minimum absolute atomic E-state index is 0.229. The minimum atomic E-state index is -0.475. The van der Waals surface area contributed by atoms with Gasteiger partial charge in [0.2, 0.25) is 0 Å². The molecule has 4 rings (SSSR count). The molecule has 0 bridgehead atoms. The maximum absolute atomic E-state index is 13.0. The van der Waals surface area contributed by atoms with Gasteiger partial charge in [-0.3, -0.25) is 4.79 Å². The van der Waals surface area contributed by atoms with Crippen LogP contribution in [0.2, 0.25) is 5.02 Å². The zero-order valence-electron chi connectivity index (χ0n) is 19.6. The second-order valence-electron chi connectivity index (χ2n) is 8.01. The van der Waals surface area contributed by atoms with Crippen LogP contribution in [-0.2, 0) is 0 Å². The monoisotopic (exact) mass is 494 g/mol. The Bertz CT molecular complexity index is 1210. The molecular weight excluding hydrogens is 468 g/mol. The summed E-state index contributed by atoms with van der Waals surface area (Å²) in [5.41, 5.74) is 2.98. The third-order valence-electron chi connectivity index (χ3n) is 5.71. The summed E-state index contributed by atoms with van der Waals surface area (Å²) in [5.74, 6) is 0.616. The van der Waals surface area contributed by atoms with Crippen molar-refractivity contribution in [2.45, 2.75) is 12.8 Å². The summed E-state index contributed by atoms with van der Waals surface area (Å²) < 4.78 is 10.6.